The highest BCUT2D eigenvalue weighted by atomic mass is 32.2. The Bertz CT molecular complexity index is 1160. The molecule has 0 aromatic heterocycles. The minimum absolute atomic E-state index is 0.0537. The van der Waals surface area contributed by atoms with Crippen LogP contribution in [-0.4, -0.2) is 45.8 Å². The lowest BCUT2D eigenvalue weighted by atomic mass is 10.0. The molecular formula is C23H26F2N3O6PS. The van der Waals surface area contributed by atoms with Gasteiger partial charge in [0.25, 0.3) is 0 Å². The van der Waals surface area contributed by atoms with Gasteiger partial charge in [0.2, 0.25) is 0 Å². The molecule has 36 heavy (non-hydrogen) atoms. The highest BCUT2D eigenvalue weighted by molar-refractivity contribution is 8.15. The van der Waals surface area contributed by atoms with Crippen molar-refractivity contribution in [3.8, 4) is 0 Å². The second kappa shape index (κ2) is 11.4. The molecule has 0 saturated heterocycles. The predicted molar refractivity (Wildman–Crippen MR) is 130 cm³/mol. The van der Waals surface area contributed by atoms with E-state index in [4.69, 9.17) is 14.5 Å². The number of nitrogens with one attached hydrogen (secondary N) is 1. The van der Waals surface area contributed by atoms with E-state index in [9.17, 15) is 18.1 Å². The number of phosphoric ester groups is 1. The highest BCUT2D eigenvalue weighted by Crippen LogP contribution is 2.51. The zero-order chi connectivity index (χ0) is 25.8. The van der Waals surface area contributed by atoms with Gasteiger partial charge < -0.3 is 19.8 Å². The smallest absolute Gasteiger partial charge is 0.361 e. The van der Waals surface area contributed by atoms with Gasteiger partial charge in [0.05, 0.1) is 13.2 Å². The van der Waals surface area contributed by atoms with Gasteiger partial charge >= 0.3 is 13.9 Å². The Kier molecular flexibility index (Phi) is 8.44. The molecular weight excluding hydrogens is 515 g/mol. The van der Waals surface area contributed by atoms with Crippen molar-refractivity contribution >= 4 is 30.7 Å². The van der Waals surface area contributed by atoms with Crippen LogP contribution in [0.2, 0.25) is 0 Å². The average molecular weight is 542 g/mol. The van der Waals surface area contributed by atoms with Crippen LogP contribution in [0.25, 0.3) is 0 Å². The number of amides is 2. The number of hydrogen-bond donors (Lipinski definition) is 3. The van der Waals surface area contributed by atoms with E-state index < -0.39 is 30.4 Å². The molecule has 2 aliphatic rings. The number of hydrazone groups is 1. The van der Waals surface area contributed by atoms with Gasteiger partial charge in [0.1, 0.15) is 28.3 Å². The lowest BCUT2D eigenvalue weighted by Crippen LogP contribution is -2.47. The Balaban J connectivity index is 1.64. The molecule has 1 heterocycles. The van der Waals surface area contributed by atoms with E-state index in [1.807, 2.05) is 0 Å². The number of phosphoric acid groups is 1. The van der Waals surface area contributed by atoms with Crippen LogP contribution in [0, 0.1) is 17.6 Å². The number of urea groups is 1. The number of nitrogens with zero attached hydrogens (tertiary/aromatic N) is 2. The molecule has 9 nitrogen and oxygen atoms in total. The van der Waals surface area contributed by atoms with Gasteiger partial charge in [-0.1, -0.05) is 42.1 Å². The van der Waals surface area contributed by atoms with Gasteiger partial charge in [-0.15, -0.1) is 0 Å². The van der Waals surface area contributed by atoms with Crippen molar-refractivity contribution in [2.45, 2.75) is 30.6 Å². The van der Waals surface area contributed by atoms with Gasteiger partial charge in [-0.25, -0.2) is 18.1 Å². The third kappa shape index (κ3) is 6.70. The Morgan fingerprint density at radius 1 is 1.22 bits per heavy atom. The minimum Gasteiger partial charge on any atom is -0.361 e. The SMILES string of the molecule is O=C(NCOCC1CC1)N1N=C(c2cc(F)ccc2F)SC1(CCCOP(=O)(O)O)c1ccccc1. The molecule has 13 heteroatoms. The molecule has 0 bridgehead atoms. The fourth-order valence-electron chi connectivity index (χ4n) is 3.75. The summed E-state index contributed by atoms with van der Waals surface area (Å²) in [6, 6.07) is 11.2. The van der Waals surface area contributed by atoms with E-state index >= 15 is 0 Å². The maximum atomic E-state index is 14.7. The third-order valence-electron chi connectivity index (χ3n) is 5.67. The first kappa shape index (κ1) is 26.7. The molecule has 4 rings (SSSR count). The number of rotatable bonds is 11. The molecule has 1 atom stereocenters. The molecule has 1 saturated carbocycles. The van der Waals surface area contributed by atoms with Crippen LogP contribution in [0.4, 0.5) is 13.6 Å². The molecule has 1 aliphatic heterocycles. The van der Waals surface area contributed by atoms with E-state index in [1.54, 1.807) is 30.3 Å². The van der Waals surface area contributed by atoms with Crippen LogP contribution in [0.5, 0.6) is 0 Å². The molecule has 3 N–H and O–H groups in total. The van der Waals surface area contributed by atoms with Crippen molar-refractivity contribution < 1.29 is 37.2 Å². The standard InChI is InChI=1S/C23H26F2N3O6PS/c24-18-9-10-20(25)19(13-18)21-27-28(22(29)26-15-33-14-16-7-8-16)23(36-21,17-5-2-1-3-6-17)11-4-12-34-35(30,31)32/h1-3,5-6,9-10,13,16H,4,7-8,11-12,14-15H2,(H,26,29)(H2,30,31,32). The van der Waals surface area contributed by atoms with Crippen LogP contribution in [0.3, 0.4) is 0 Å². The Hall–Kier alpha value is -2.34. The van der Waals surface area contributed by atoms with E-state index in [2.05, 4.69) is 14.9 Å². The van der Waals surface area contributed by atoms with Crippen molar-refractivity contribution in [3.63, 3.8) is 0 Å². The van der Waals surface area contributed by atoms with Crippen molar-refractivity contribution in [3.05, 3.63) is 71.3 Å². The molecule has 1 fully saturated rings. The number of ether oxygens (including phenoxy) is 1. The summed E-state index contributed by atoms with van der Waals surface area (Å²) in [4.78, 5) is 30.2. The molecule has 2 aromatic carbocycles. The summed E-state index contributed by atoms with van der Waals surface area (Å²) in [5.74, 6) is -0.863. The van der Waals surface area contributed by atoms with Crippen LogP contribution in [0.15, 0.2) is 53.6 Å². The fourth-order valence-corrected chi connectivity index (χ4v) is 5.54. The first-order valence-electron chi connectivity index (χ1n) is 11.3. The Morgan fingerprint density at radius 3 is 2.67 bits per heavy atom. The van der Waals surface area contributed by atoms with Crippen LogP contribution in [-0.2, 0) is 18.7 Å². The molecule has 2 amide bonds. The third-order valence-corrected chi connectivity index (χ3v) is 7.63. The Morgan fingerprint density at radius 2 is 1.97 bits per heavy atom. The first-order valence-corrected chi connectivity index (χ1v) is 13.7. The molecule has 0 spiro atoms. The minimum atomic E-state index is -4.68. The summed E-state index contributed by atoms with van der Waals surface area (Å²) in [6.07, 6.45) is 2.46. The maximum Gasteiger partial charge on any atom is 0.469 e. The summed E-state index contributed by atoms with van der Waals surface area (Å²) in [7, 11) is -4.68. The first-order chi connectivity index (χ1) is 17.2. The van der Waals surface area contributed by atoms with Gasteiger partial charge in [0, 0.05) is 5.56 Å². The van der Waals surface area contributed by atoms with Gasteiger partial charge in [-0.3, -0.25) is 4.52 Å². The van der Waals surface area contributed by atoms with Crippen molar-refractivity contribution in [1.82, 2.24) is 10.3 Å². The number of thioether (sulfide) groups is 1. The second-order valence-electron chi connectivity index (χ2n) is 8.46. The van der Waals surface area contributed by atoms with Crippen molar-refractivity contribution in [2.24, 2.45) is 11.0 Å². The van der Waals surface area contributed by atoms with Crippen molar-refractivity contribution in [2.75, 3.05) is 19.9 Å². The molecule has 194 valence electrons. The zero-order valence-electron chi connectivity index (χ0n) is 19.2. The molecule has 2 aromatic rings. The van der Waals surface area contributed by atoms with Gasteiger partial charge in [-0.2, -0.15) is 10.1 Å². The monoisotopic (exact) mass is 541 g/mol. The number of carbonyl (C=O) groups excluding carboxylic acids is 1. The van der Waals surface area contributed by atoms with Gasteiger partial charge in [0.15, 0.2) is 0 Å². The fraction of sp³-hybridized carbons (Fsp3) is 0.391. The maximum absolute atomic E-state index is 14.7. The number of halogens is 2. The number of benzene rings is 2. The van der Waals surface area contributed by atoms with E-state index in [-0.39, 0.29) is 36.8 Å². The topological polar surface area (TPSA) is 121 Å². The summed E-state index contributed by atoms with van der Waals surface area (Å²) >= 11 is 1.05. The number of carbonyl (C=O) groups is 1. The van der Waals surface area contributed by atoms with E-state index in [0.717, 1.165) is 47.8 Å². The summed E-state index contributed by atoms with van der Waals surface area (Å²) in [5.41, 5.74) is 0.530. The van der Waals surface area contributed by atoms with Crippen molar-refractivity contribution in [1.29, 1.82) is 0 Å². The predicted octanol–water partition coefficient (Wildman–Crippen LogP) is 4.51. The average Bonchev–Trinajstić information content (AvgIpc) is 3.59. The normalized spacial score (nSPS) is 19.9. The molecule has 1 aliphatic carbocycles. The second-order valence-corrected chi connectivity index (χ2v) is 11.0. The van der Waals surface area contributed by atoms with E-state index in [1.165, 1.54) is 0 Å². The summed E-state index contributed by atoms with van der Waals surface area (Å²) in [5, 5.41) is 8.30. The molecule has 1 unspecified atom stereocenters. The quantitative estimate of drug-likeness (QED) is 0.217. The summed E-state index contributed by atoms with van der Waals surface area (Å²) < 4.78 is 49.9. The highest BCUT2D eigenvalue weighted by Gasteiger charge is 2.49. The summed E-state index contributed by atoms with van der Waals surface area (Å²) in [6.45, 7) is 0.187. The Labute approximate surface area is 211 Å². The molecule has 0 radical (unpaired) electrons. The van der Waals surface area contributed by atoms with Gasteiger partial charge in [-0.05, 0) is 55.4 Å². The largest absolute Gasteiger partial charge is 0.469 e. The van der Waals surface area contributed by atoms with E-state index in [0.29, 0.717) is 18.1 Å². The van der Waals surface area contributed by atoms with Crippen LogP contribution < -0.4 is 5.32 Å². The lowest BCUT2D eigenvalue weighted by Gasteiger charge is -2.35. The number of hydrogen-bond acceptors (Lipinski definition) is 6. The lowest BCUT2D eigenvalue weighted by molar-refractivity contribution is 0.0968. The van der Waals surface area contributed by atoms with Crippen LogP contribution >= 0.6 is 19.6 Å². The zero-order valence-corrected chi connectivity index (χ0v) is 20.9. The van der Waals surface area contributed by atoms with Crippen LogP contribution in [0.1, 0.15) is 36.8 Å².